The van der Waals surface area contributed by atoms with E-state index in [4.69, 9.17) is 17.3 Å². The van der Waals surface area contributed by atoms with E-state index in [9.17, 15) is 0 Å². The molecule has 0 aromatic heterocycles. The molecule has 3 rings (SSSR count). The first-order chi connectivity index (χ1) is 11.1. The Balaban J connectivity index is 1.97. The first-order valence-corrected chi connectivity index (χ1v) is 9.17. The molecule has 0 saturated heterocycles. The van der Waals surface area contributed by atoms with Crippen molar-refractivity contribution in [3.63, 3.8) is 0 Å². The van der Waals surface area contributed by atoms with E-state index in [-0.39, 0.29) is 6.04 Å². The third-order valence-corrected chi connectivity index (χ3v) is 5.10. The van der Waals surface area contributed by atoms with Gasteiger partial charge in [-0.05, 0) is 47.6 Å². The Bertz CT molecular complexity index is 776. The van der Waals surface area contributed by atoms with E-state index in [1.165, 1.54) is 5.56 Å². The van der Waals surface area contributed by atoms with Gasteiger partial charge in [-0.25, -0.2) is 5.01 Å². The van der Waals surface area contributed by atoms with Gasteiger partial charge in [0.1, 0.15) is 0 Å². The molecule has 118 valence electrons. The van der Waals surface area contributed by atoms with E-state index in [1.807, 2.05) is 36.3 Å². The lowest BCUT2D eigenvalue weighted by Gasteiger charge is -2.23. The Labute approximate surface area is 158 Å². The number of hydrazone groups is 1. The maximum absolute atomic E-state index is 5.44. The molecule has 0 fully saturated rings. The van der Waals surface area contributed by atoms with Crippen LogP contribution in [0.2, 0.25) is 0 Å². The Kier molecular flexibility index (Phi) is 5.14. The Morgan fingerprint density at radius 1 is 1.17 bits per heavy atom. The average Bonchev–Trinajstić information content (AvgIpc) is 2.99. The minimum absolute atomic E-state index is 0.0985. The molecule has 1 atom stereocenters. The SMILES string of the molecule is CNC(=S)N1N=C(c2cccc(Br)c2)C[C@@H]1c1cccc(Br)c1. The molecule has 0 saturated carbocycles. The summed E-state index contributed by atoms with van der Waals surface area (Å²) in [6, 6.07) is 16.6. The Morgan fingerprint density at radius 2 is 1.87 bits per heavy atom. The van der Waals surface area contributed by atoms with Crippen LogP contribution in [0.1, 0.15) is 23.6 Å². The van der Waals surface area contributed by atoms with Crippen molar-refractivity contribution in [1.29, 1.82) is 0 Å². The summed E-state index contributed by atoms with van der Waals surface area (Å²) in [7, 11) is 1.83. The van der Waals surface area contributed by atoms with Crippen LogP contribution in [0.4, 0.5) is 0 Å². The second-order valence-electron chi connectivity index (χ2n) is 5.23. The molecular weight excluding hydrogens is 438 g/mol. The lowest BCUT2D eigenvalue weighted by molar-refractivity contribution is 0.366. The van der Waals surface area contributed by atoms with Crippen molar-refractivity contribution in [2.24, 2.45) is 5.10 Å². The van der Waals surface area contributed by atoms with Gasteiger partial charge in [0.15, 0.2) is 5.11 Å². The minimum atomic E-state index is 0.0985. The van der Waals surface area contributed by atoms with E-state index in [0.29, 0.717) is 5.11 Å². The van der Waals surface area contributed by atoms with Crippen molar-refractivity contribution in [2.45, 2.75) is 12.5 Å². The van der Waals surface area contributed by atoms with Crippen LogP contribution < -0.4 is 5.32 Å². The van der Waals surface area contributed by atoms with Gasteiger partial charge >= 0.3 is 0 Å². The summed E-state index contributed by atoms with van der Waals surface area (Å²) in [5, 5.41) is 10.3. The highest BCUT2D eigenvalue weighted by Gasteiger charge is 2.31. The molecule has 0 bridgehead atoms. The molecule has 0 spiro atoms. The quantitative estimate of drug-likeness (QED) is 0.659. The maximum atomic E-state index is 5.44. The molecule has 2 aromatic carbocycles. The van der Waals surface area contributed by atoms with Gasteiger partial charge in [-0.15, -0.1) is 0 Å². The van der Waals surface area contributed by atoms with Crippen LogP contribution in [0.15, 0.2) is 62.6 Å². The largest absolute Gasteiger partial charge is 0.364 e. The molecule has 0 amide bonds. The third kappa shape index (κ3) is 3.65. The number of nitrogens with zero attached hydrogens (tertiary/aromatic N) is 2. The molecule has 1 N–H and O–H groups in total. The number of hydrogen-bond donors (Lipinski definition) is 1. The van der Waals surface area contributed by atoms with Crippen molar-refractivity contribution in [2.75, 3.05) is 7.05 Å². The number of hydrogen-bond acceptors (Lipinski definition) is 2. The smallest absolute Gasteiger partial charge is 0.189 e. The zero-order chi connectivity index (χ0) is 16.4. The second-order valence-corrected chi connectivity index (χ2v) is 7.45. The van der Waals surface area contributed by atoms with E-state index < -0.39 is 0 Å². The standard InChI is InChI=1S/C17H15Br2N3S/c1-20-17(23)22-16(12-5-3-7-14(19)9-12)10-15(21-22)11-4-2-6-13(18)8-11/h2-9,16H,10H2,1H3,(H,20,23)/t16-/m1/s1. The monoisotopic (exact) mass is 451 g/mol. The van der Waals surface area contributed by atoms with Crippen LogP contribution in [-0.2, 0) is 0 Å². The predicted octanol–water partition coefficient (Wildman–Crippen LogP) is 4.87. The summed E-state index contributed by atoms with van der Waals surface area (Å²) in [6.07, 6.45) is 0.814. The molecule has 6 heteroatoms. The molecule has 1 aliphatic heterocycles. The van der Waals surface area contributed by atoms with E-state index in [0.717, 1.165) is 26.6 Å². The summed E-state index contributed by atoms with van der Waals surface area (Å²) in [5.41, 5.74) is 3.33. The molecule has 23 heavy (non-hydrogen) atoms. The van der Waals surface area contributed by atoms with Crippen molar-refractivity contribution >= 4 is 54.9 Å². The van der Waals surface area contributed by atoms with E-state index in [2.05, 4.69) is 61.4 Å². The van der Waals surface area contributed by atoms with Crippen LogP contribution in [0.3, 0.4) is 0 Å². The Morgan fingerprint density at radius 3 is 2.52 bits per heavy atom. The molecule has 0 unspecified atom stereocenters. The van der Waals surface area contributed by atoms with Gasteiger partial charge in [-0.3, -0.25) is 0 Å². The van der Waals surface area contributed by atoms with Crippen molar-refractivity contribution < 1.29 is 0 Å². The average molecular weight is 453 g/mol. The molecule has 1 heterocycles. The number of benzene rings is 2. The van der Waals surface area contributed by atoms with Gasteiger partial charge in [-0.2, -0.15) is 5.10 Å². The fourth-order valence-corrected chi connectivity index (χ4v) is 3.61. The fraction of sp³-hybridized carbons (Fsp3) is 0.176. The van der Waals surface area contributed by atoms with Crippen LogP contribution in [0, 0.1) is 0 Å². The van der Waals surface area contributed by atoms with Gasteiger partial charge in [0.2, 0.25) is 0 Å². The molecule has 1 aliphatic rings. The number of rotatable bonds is 2. The summed E-state index contributed by atoms with van der Waals surface area (Å²) in [4.78, 5) is 0. The predicted molar refractivity (Wildman–Crippen MR) is 106 cm³/mol. The lowest BCUT2D eigenvalue weighted by Crippen LogP contribution is -2.34. The first-order valence-electron chi connectivity index (χ1n) is 7.18. The molecule has 0 radical (unpaired) electrons. The van der Waals surface area contributed by atoms with Crippen LogP contribution in [-0.4, -0.2) is 22.9 Å². The topological polar surface area (TPSA) is 27.6 Å². The van der Waals surface area contributed by atoms with E-state index >= 15 is 0 Å². The first kappa shape index (κ1) is 16.6. The highest BCUT2D eigenvalue weighted by Crippen LogP contribution is 2.34. The third-order valence-electron chi connectivity index (χ3n) is 3.72. The fourth-order valence-electron chi connectivity index (χ4n) is 2.63. The Hall–Kier alpha value is -1.24. The number of halogens is 2. The normalized spacial score (nSPS) is 17.1. The van der Waals surface area contributed by atoms with Crippen molar-refractivity contribution in [1.82, 2.24) is 10.3 Å². The molecular formula is C17H15Br2N3S. The molecule has 0 aliphatic carbocycles. The summed E-state index contributed by atoms with van der Waals surface area (Å²) in [6.45, 7) is 0. The zero-order valence-electron chi connectivity index (χ0n) is 12.5. The molecule has 2 aromatic rings. The van der Waals surface area contributed by atoms with Gasteiger partial charge in [0, 0.05) is 22.4 Å². The summed E-state index contributed by atoms with van der Waals surface area (Å²) < 4.78 is 2.10. The minimum Gasteiger partial charge on any atom is -0.364 e. The second kappa shape index (κ2) is 7.11. The zero-order valence-corrected chi connectivity index (χ0v) is 16.5. The van der Waals surface area contributed by atoms with Gasteiger partial charge in [-0.1, -0.05) is 56.1 Å². The molecule has 3 nitrogen and oxygen atoms in total. The van der Waals surface area contributed by atoms with Gasteiger partial charge in [0.05, 0.1) is 11.8 Å². The van der Waals surface area contributed by atoms with E-state index in [1.54, 1.807) is 0 Å². The van der Waals surface area contributed by atoms with Crippen LogP contribution in [0.5, 0.6) is 0 Å². The van der Waals surface area contributed by atoms with Crippen molar-refractivity contribution in [3.05, 3.63) is 68.6 Å². The lowest BCUT2D eigenvalue weighted by atomic mass is 9.99. The maximum Gasteiger partial charge on any atom is 0.189 e. The summed E-state index contributed by atoms with van der Waals surface area (Å²) >= 11 is 12.5. The number of nitrogens with one attached hydrogen (secondary N) is 1. The highest BCUT2D eigenvalue weighted by atomic mass is 79.9. The number of thiocarbonyl (C=S) groups is 1. The van der Waals surface area contributed by atoms with Gasteiger partial charge in [0.25, 0.3) is 0 Å². The highest BCUT2D eigenvalue weighted by molar-refractivity contribution is 9.10. The van der Waals surface area contributed by atoms with Crippen molar-refractivity contribution in [3.8, 4) is 0 Å². The summed E-state index contributed by atoms with van der Waals surface area (Å²) in [5.74, 6) is 0. The van der Waals surface area contributed by atoms with Crippen LogP contribution >= 0.6 is 44.1 Å². The van der Waals surface area contributed by atoms with Crippen LogP contribution in [0.25, 0.3) is 0 Å². The van der Waals surface area contributed by atoms with Gasteiger partial charge < -0.3 is 5.32 Å².